The molecule has 0 saturated carbocycles. The van der Waals surface area contributed by atoms with Gasteiger partial charge in [-0.05, 0) is 18.2 Å². The molecule has 0 atom stereocenters. The minimum atomic E-state index is -0.516. The molecule has 0 amide bonds. The largest absolute Gasteiger partial charge is 0.465 e. The van der Waals surface area contributed by atoms with Crippen molar-refractivity contribution in [3.05, 3.63) is 58.7 Å². The summed E-state index contributed by atoms with van der Waals surface area (Å²) in [5.41, 5.74) is 0.741. The highest BCUT2D eigenvalue weighted by Crippen LogP contribution is 2.31. The summed E-state index contributed by atoms with van der Waals surface area (Å²) >= 11 is 7.06. The molecule has 1 N–H and O–H groups in total. The van der Waals surface area contributed by atoms with Gasteiger partial charge in [0, 0.05) is 24.0 Å². The van der Waals surface area contributed by atoms with Gasteiger partial charge in [-0.1, -0.05) is 35.1 Å². The van der Waals surface area contributed by atoms with Gasteiger partial charge >= 0.3 is 5.97 Å². The minimum absolute atomic E-state index is 0.107. The number of aromatic nitrogens is 2. The number of pyridine rings is 1. The van der Waals surface area contributed by atoms with E-state index in [-0.39, 0.29) is 10.0 Å². The van der Waals surface area contributed by atoms with Crippen LogP contribution in [0.3, 0.4) is 0 Å². The molecule has 0 aliphatic rings. The SMILES string of the molecule is COC(=O)c1sc(Nc2cccc(Oc3ccccn3)c2)nc1Cl. The summed E-state index contributed by atoms with van der Waals surface area (Å²) in [5, 5.41) is 3.67. The number of nitrogens with one attached hydrogen (secondary N) is 1. The van der Waals surface area contributed by atoms with Gasteiger partial charge in [-0.3, -0.25) is 0 Å². The van der Waals surface area contributed by atoms with Crippen molar-refractivity contribution < 1.29 is 14.3 Å². The molecule has 0 radical (unpaired) electrons. The Labute approximate surface area is 147 Å². The molecule has 0 spiro atoms. The van der Waals surface area contributed by atoms with Gasteiger partial charge in [0.25, 0.3) is 0 Å². The fourth-order valence-electron chi connectivity index (χ4n) is 1.86. The van der Waals surface area contributed by atoms with E-state index in [1.54, 1.807) is 18.3 Å². The van der Waals surface area contributed by atoms with Gasteiger partial charge in [0.15, 0.2) is 15.2 Å². The van der Waals surface area contributed by atoms with Gasteiger partial charge in [0.1, 0.15) is 5.75 Å². The monoisotopic (exact) mass is 361 g/mol. The first kappa shape index (κ1) is 16.2. The molecule has 2 aromatic heterocycles. The third-order valence-corrected chi connectivity index (χ3v) is 4.24. The van der Waals surface area contributed by atoms with Crippen LogP contribution in [0.4, 0.5) is 10.8 Å². The molecular weight excluding hydrogens is 350 g/mol. The molecule has 3 rings (SSSR count). The van der Waals surface area contributed by atoms with Crippen LogP contribution in [0.2, 0.25) is 5.15 Å². The summed E-state index contributed by atoms with van der Waals surface area (Å²) in [6, 6.07) is 12.7. The van der Waals surface area contributed by atoms with E-state index < -0.39 is 5.97 Å². The maximum atomic E-state index is 11.6. The van der Waals surface area contributed by atoms with E-state index in [4.69, 9.17) is 16.3 Å². The lowest BCUT2D eigenvalue weighted by Gasteiger charge is -2.07. The molecule has 1 aromatic carbocycles. The zero-order valence-corrected chi connectivity index (χ0v) is 14.1. The number of rotatable bonds is 5. The van der Waals surface area contributed by atoms with E-state index in [2.05, 4.69) is 20.0 Å². The summed E-state index contributed by atoms with van der Waals surface area (Å²) in [5.74, 6) is 0.604. The van der Waals surface area contributed by atoms with Gasteiger partial charge in [0.05, 0.1) is 7.11 Å². The van der Waals surface area contributed by atoms with Crippen LogP contribution in [-0.2, 0) is 4.74 Å². The second kappa shape index (κ2) is 7.29. The molecule has 2 heterocycles. The number of thiazole rings is 1. The van der Waals surface area contributed by atoms with Crippen molar-refractivity contribution in [1.82, 2.24) is 9.97 Å². The Morgan fingerprint density at radius 1 is 1.25 bits per heavy atom. The van der Waals surface area contributed by atoms with Gasteiger partial charge < -0.3 is 14.8 Å². The number of benzene rings is 1. The smallest absolute Gasteiger partial charge is 0.351 e. The average molecular weight is 362 g/mol. The van der Waals surface area contributed by atoms with Crippen molar-refractivity contribution in [2.24, 2.45) is 0 Å². The van der Waals surface area contributed by atoms with Gasteiger partial charge in [0.2, 0.25) is 5.88 Å². The Kier molecular flexibility index (Phi) is 4.93. The van der Waals surface area contributed by atoms with E-state index in [9.17, 15) is 4.79 Å². The first-order chi connectivity index (χ1) is 11.7. The van der Waals surface area contributed by atoms with E-state index in [0.29, 0.717) is 16.8 Å². The highest BCUT2D eigenvalue weighted by atomic mass is 35.5. The van der Waals surface area contributed by atoms with Crippen LogP contribution >= 0.6 is 22.9 Å². The molecule has 0 unspecified atom stereocenters. The molecule has 0 saturated heterocycles. The second-order valence-corrected chi connectivity index (χ2v) is 5.91. The minimum Gasteiger partial charge on any atom is -0.465 e. The van der Waals surface area contributed by atoms with Crippen LogP contribution in [0.25, 0.3) is 0 Å². The van der Waals surface area contributed by atoms with Crippen LogP contribution < -0.4 is 10.1 Å². The number of hydrogen-bond donors (Lipinski definition) is 1. The summed E-state index contributed by atoms with van der Waals surface area (Å²) in [7, 11) is 1.30. The van der Waals surface area contributed by atoms with Crippen molar-refractivity contribution in [3.8, 4) is 11.6 Å². The van der Waals surface area contributed by atoms with Gasteiger partial charge in [-0.15, -0.1) is 0 Å². The highest BCUT2D eigenvalue weighted by Gasteiger charge is 2.17. The number of anilines is 2. The molecule has 122 valence electrons. The van der Waals surface area contributed by atoms with Crippen molar-refractivity contribution in [1.29, 1.82) is 0 Å². The lowest BCUT2D eigenvalue weighted by atomic mass is 10.3. The number of nitrogens with zero attached hydrogens (tertiary/aromatic N) is 2. The molecule has 0 aliphatic heterocycles. The molecule has 3 aromatic rings. The van der Waals surface area contributed by atoms with Crippen LogP contribution in [0.1, 0.15) is 9.67 Å². The number of carbonyl (C=O) groups is 1. The lowest BCUT2D eigenvalue weighted by Crippen LogP contribution is -1.98. The molecule has 0 fully saturated rings. The second-order valence-electron chi connectivity index (χ2n) is 4.55. The maximum Gasteiger partial charge on any atom is 0.351 e. The molecule has 0 bridgehead atoms. The van der Waals surface area contributed by atoms with Crippen LogP contribution in [0.5, 0.6) is 11.6 Å². The van der Waals surface area contributed by atoms with Crippen LogP contribution in [-0.4, -0.2) is 23.0 Å². The summed E-state index contributed by atoms with van der Waals surface area (Å²) in [6.07, 6.45) is 1.66. The Bertz CT molecular complexity index is 855. The Hall–Kier alpha value is -2.64. The van der Waals surface area contributed by atoms with E-state index in [0.717, 1.165) is 17.0 Å². The predicted octanol–water partition coefficient (Wildman–Crippen LogP) is 4.51. The Balaban J connectivity index is 1.76. The zero-order valence-electron chi connectivity index (χ0n) is 12.5. The topological polar surface area (TPSA) is 73.3 Å². The summed E-state index contributed by atoms with van der Waals surface area (Å²) < 4.78 is 10.3. The maximum absolute atomic E-state index is 11.6. The van der Waals surface area contributed by atoms with Crippen LogP contribution in [0, 0.1) is 0 Å². The number of esters is 1. The summed E-state index contributed by atoms with van der Waals surface area (Å²) in [4.78, 5) is 20.0. The predicted molar refractivity (Wildman–Crippen MR) is 92.5 cm³/mol. The fraction of sp³-hybridized carbons (Fsp3) is 0.0625. The quantitative estimate of drug-likeness (QED) is 0.674. The number of methoxy groups -OCH3 is 1. The lowest BCUT2D eigenvalue weighted by molar-refractivity contribution is 0.0606. The standard InChI is InChI=1S/C16H12ClN3O3S/c1-22-15(21)13-14(17)20-16(24-13)19-10-5-4-6-11(9-10)23-12-7-2-3-8-18-12/h2-9H,1H3,(H,19,20). The van der Waals surface area contributed by atoms with Crippen molar-refractivity contribution in [3.63, 3.8) is 0 Å². The van der Waals surface area contributed by atoms with E-state index in [1.165, 1.54) is 7.11 Å². The average Bonchev–Trinajstić information content (AvgIpc) is 2.95. The van der Waals surface area contributed by atoms with Crippen molar-refractivity contribution in [2.75, 3.05) is 12.4 Å². The van der Waals surface area contributed by atoms with E-state index in [1.807, 2.05) is 30.3 Å². The number of carbonyl (C=O) groups excluding carboxylic acids is 1. The number of hydrogen-bond acceptors (Lipinski definition) is 7. The Morgan fingerprint density at radius 3 is 2.88 bits per heavy atom. The van der Waals surface area contributed by atoms with Crippen LogP contribution in [0.15, 0.2) is 48.7 Å². The third-order valence-electron chi connectivity index (χ3n) is 2.90. The number of halogens is 1. The highest BCUT2D eigenvalue weighted by molar-refractivity contribution is 7.18. The fourth-order valence-corrected chi connectivity index (χ4v) is 2.99. The molecule has 0 aliphatic carbocycles. The first-order valence-corrected chi connectivity index (χ1v) is 8.06. The van der Waals surface area contributed by atoms with Gasteiger partial charge in [-0.2, -0.15) is 0 Å². The van der Waals surface area contributed by atoms with E-state index >= 15 is 0 Å². The molecule has 24 heavy (non-hydrogen) atoms. The molecule has 8 heteroatoms. The van der Waals surface area contributed by atoms with Gasteiger partial charge in [-0.25, -0.2) is 14.8 Å². The first-order valence-electron chi connectivity index (χ1n) is 6.86. The normalized spacial score (nSPS) is 10.2. The Morgan fingerprint density at radius 2 is 2.12 bits per heavy atom. The van der Waals surface area contributed by atoms with Crippen molar-refractivity contribution >= 4 is 39.7 Å². The van der Waals surface area contributed by atoms with Crippen molar-refractivity contribution in [2.45, 2.75) is 0 Å². The third kappa shape index (κ3) is 3.81. The zero-order chi connectivity index (χ0) is 16.9. The summed E-state index contributed by atoms with van der Waals surface area (Å²) in [6.45, 7) is 0. The molecular formula is C16H12ClN3O3S. The molecule has 6 nitrogen and oxygen atoms in total. The number of ether oxygens (including phenoxy) is 2.